The highest BCUT2D eigenvalue weighted by Gasteiger charge is 2.19. The quantitative estimate of drug-likeness (QED) is 0.0261. The van der Waals surface area contributed by atoms with Gasteiger partial charge in [0.05, 0.1) is 0 Å². The van der Waals surface area contributed by atoms with Crippen LogP contribution in [0.1, 0.15) is 297 Å². The molecule has 0 bridgehead atoms. The molecular weight excluding hydrogens is 985 g/mol. The van der Waals surface area contributed by atoms with Crippen LogP contribution in [0.3, 0.4) is 0 Å². The number of ether oxygens (including phenoxy) is 3. The third-order valence-corrected chi connectivity index (χ3v) is 13.9. The number of allylic oxidation sites excluding steroid dienone is 22. The van der Waals surface area contributed by atoms with Crippen LogP contribution in [-0.4, -0.2) is 37.2 Å². The zero-order valence-electron chi connectivity index (χ0n) is 52.0. The molecule has 1 unspecified atom stereocenters. The van der Waals surface area contributed by atoms with Gasteiger partial charge < -0.3 is 14.2 Å². The maximum absolute atomic E-state index is 12.9. The second-order valence-corrected chi connectivity index (χ2v) is 21.6. The zero-order chi connectivity index (χ0) is 57.8. The summed E-state index contributed by atoms with van der Waals surface area (Å²) in [6.45, 7) is 6.40. The van der Waals surface area contributed by atoms with E-state index in [9.17, 15) is 14.4 Å². The highest BCUT2D eigenvalue weighted by Crippen LogP contribution is 2.16. The number of hydrogen-bond acceptors (Lipinski definition) is 6. The summed E-state index contributed by atoms with van der Waals surface area (Å²) in [5, 5.41) is 0. The van der Waals surface area contributed by atoms with E-state index >= 15 is 0 Å². The van der Waals surface area contributed by atoms with E-state index in [0.717, 1.165) is 128 Å². The average molecular weight is 1110 g/mol. The second kappa shape index (κ2) is 67.1. The van der Waals surface area contributed by atoms with Gasteiger partial charge in [0.25, 0.3) is 0 Å². The Balaban J connectivity index is 4.46. The fraction of sp³-hybridized carbons (Fsp3) is 0.662. The van der Waals surface area contributed by atoms with Crippen molar-refractivity contribution >= 4 is 17.9 Å². The molecule has 0 radical (unpaired) electrons. The smallest absolute Gasteiger partial charge is 0.306 e. The molecule has 0 amide bonds. The Morgan fingerprint density at radius 1 is 0.263 bits per heavy atom. The van der Waals surface area contributed by atoms with Gasteiger partial charge in [-0.3, -0.25) is 14.4 Å². The van der Waals surface area contributed by atoms with Crippen LogP contribution in [0.25, 0.3) is 0 Å². The van der Waals surface area contributed by atoms with E-state index in [1.807, 2.05) is 0 Å². The van der Waals surface area contributed by atoms with Gasteiger partial charge in [-0.25, -0.2) is 0 Å². The van der Waals surface area contributed by atoms with E-state index in [1.54, 1.807) is 0 Å². The SMILES string of the molecule is CC/C=C\C/C=C\C/C=C\C/C=C\C/C=C\C/C=C\C/C=C\C/C=C\CCCCC(=O)OCC(COC(=O)CCCCCCCCC/C=C\C/C=C\C/C=C\CC)OC(=O)CCCCCCCCCCCCCCCCCCCC. The van der Waals surface area contributed by atoms with Crippen molar-refractivity contribution in [2.24, 2.45) is 0 Å². The van der Waals surface area contributed by atoms with E-state index in [2.05, 4.69) is 154 Å². The Bertz CT molecular complexity index is 1700. The maximum atomic E-state index is 12.9. The van der Waals surface area contributed by atoms with Gasteiger partial charge in [0.1, 0.15) is 13.2 Å². The number of carbonyl (C=O) groups excluding carboxylic acids is 3. The Kier molecular flexibility index (Phi) is 63.3. The van der Waals surface area contributed by atoms with Crippen LogP contribution in [0.4, 0.5) is 0 Å². The van der Waals surface area contributed by atoms with Crippen molar-refractivity contribution in [2.75, 3.05) is 13.2 Å². The van der Waals surface area contributed by atoms with Crippen LogP contribution in [0, 0.1) is 0 Å². The lowest BCUT2D eigenvalue weighted by Crippen LogP contribution is -2.30. The first kappa shape index (κ1) is 75.5. The Hall–Kier alpha value is -4.45. The fourth-order valence-electron chi connectivity index (χ4n) is 9.00. The predicted octanol–water partition coefficient (Wildman–Crippen LogP) is 22.9. The number of unbranched alkanes of at least 4 members (excludes halogenated alkanes) is 26. The topological polar surface area (TPSA) is 78.9 Å². The van der Waals surface area contributed by atoms with Crippen molar-refractivity contribution < 1.29 is 28.6 Å². The summed E-state index contributed by atoms with van der Waals surface area (Å²) in [6.07, 6.45) is 94.6. The minimum atomic E-state index is -0.805. The molecule has 0 aromatic carbocycles. The van der Waals surface area contributed by atoms with Crippen LogP contribution in [0.15, 0.2) is 134 Å². The number of esters is 3. The maximum Gasteiger partial charge on any atom is 0.306 e. The van der Waals surface area contributed by atoms with Gasteiger partial charge in [0.15, 0.2) is 6.10 Å². The molecule has 0 aromatic heterocycles. The molecule has 0 aromatic rings. The molecule has 6 heteroatoms. The highest BCUT2D eigenvalue weighted by atomic mass is 16.6. The minimum absolute atomic E-state index is 0.0986. The summed E-state index contributed by atoms with van der Waals surface area (Å²) >= 11 is 0. The molecule has 1 atom stereocenters. The zero-order valence-corrected chi connectivity index (χ0v) is 52.0. The van der Waals surface area contributed by atoms with Crippen LogP contribution in [0.2, 0.25) is 0 Å². The lowest BCUT2D eigenvalue weighted by molar-refractivity contribution is -0.167. The monoisotopic (exact) mass is 1110 g/mol. The second-order valence-electron chi connectivity index (χ2n) is 21.6. The molecule has 0 rings (SSSR count). The largest absolute Gasteiger partial charge is 0.462 e. The summed E-state index contributed by atoms with van der Waals surface area (Å²) in [7, 11) is 0. The van der Waals surface area contributed by atoms with E-state index in [-0.39, 0.29) is 31.1 Å². The first-order valence-electron chi connectivity index (χ1n) is 33.2. The number of rotatable bonds is 59. The van der Waals surface area contributed by atoms with Crippen molar-refractivity contribution in [1.29, 1.82) is 0 Å². The normalized spacial score (nSPS) is 13.0. The van der Waals surface area contributed by atoms with Gasteiger partial charge in [0.2, 0.25) is 0 Å². The summed E-state index contributed by atoms with van der Waals surface area (Å²) in [5.41, 5.74) is 0. The van der Waals surface area contributed by atoms with Crippen LogP contribution < -0.4 is 0 Å². The molecule has 0 saturated carbocycles. The summed E-state index contributed by atoms with van der Waals surface area (Å²) in [5.74, 6) is -0.945. The van der Waals surface area contributed by atoms with Crippen LogP contribution in [-0.2, 0) is 28.6 Å². The molecule has 0 aliphatic carbocycles. The summed E-state index contributed by atoms with van der Waals surface area (Å²) in [4.78, 5) is 38.4. The first-order valence-corrected chi connectivity index (χ1v) is 33.2. The third kappa shape index (κ3) is 64.4. The first-order chi connectivity index (χ1) is 39.5. The average Bonchev–Trinajstić information content (AvgIpc) is 3.46. The Labute approximate surface area is 494 Å². The molecule has 0 saturated heterocycles. The van der Waals surface area contributed by atoms with Crippen molar-refractivity contribution in [3.8, 4) is 0 Å². The van der Waals surface area contributed by atoms with E-state index in [4.69, 9.17) is 14.2 Å². The van der Waals surface area contributed by atoms with Gasteiger partial charge in [-0.2, -0.15) is 0 Å². The fourth-order valence-corrected chi connectivity index (χ4v) is 9.00. The van der Waals surface area contributed by atoms with Crippen LogP contribution >= 0.6 is 0 Å². The molecule has 80 heavy (non-hydrogen) atoms. The minimum Gasteiger partial charge on any atom is -0.462 e. The van der Waals surface area contributed by atoms with Gasteiger partial charge in [-0.05, 0) is 116 Å². The predicted molar refractivity (Wildman–Crippen MR) is 348 cm³/mol. The number of hydrogen-bond donors (Lipinski definition) is 0. The van der Waals surface area contributed by atoms with Crippen LogP contribution in [0.5, 0.6) is 0 Å². The summed E-state index contributed by atoms with van der Waals surface area (Å²) in [6, 6.07) is 0. The lowest BCUT2D eigenvalue weighted by Gasteiger charge is -2.18. The van der Waals surface area contributed by atoms with Gasteiger partial charge >= 0.3 is 17.9 Å². The van der Waals surface area contributed by atoms with Crippen molar-refractivity contribution in [3.05, 3.63) is 134 Å². The van der Waals surface area contributed by atoms with E-state index < -0.39 is 6.10 Å². The standard InChI is InChI=1S/C74H122O6/c1-4-7-10-13-16-19-22-25-28-31-33-34-35-36-37-38-39-40-41-44-46-49-52-55-58-61-64-67-73(76)79-70-71(69-78-72(75)66-63-60-57-54-51-48-45-42-30-27-24-21-18-15-12-9-6-3)80-74(77)68-65-62-59-56-53-50-47-43-32-29-26-23-20-17-14-11-8-5-2/h7,9-10,12,16,18-19,21,25,27-28,30,33-34,36-37,39-40,44,46,52,55,71H,4-6,8,11,13-15,17,20,22-24,26,29,31-32,35,38,41-43,45,47-51,53-54,56-70H2,1-3H3/b10-7-,12-9-,19-16-,21-18-,28-25-,30-27-,34-33-,37-36-,40-39-,46-44-,55-52-. The molecule has 0 heterocycles. The van der Waals surface area contributed by atoms with Gasteiger partial charge in [-0.15, -0.1) is 0 Å². The lowest BCUT2D eigenvalue weighted by atomic mass is 10.0. The Morgan fingerprint density at radius 3 is 0.787 bits per heavy atom. The van der Waals surface area contributed by atoms with Crippen molar-refractivity contribution in [1.82, 2.24) is 0 Å². The van der Waals surface area contributed by atoms with E-state index in [0.29, 0.717) is 25.7 Å². The number of carbonyl (C=O) groups is 3. The molecular formula is C74H122O6. The van der Waals surface area contributed by atoms with Gasteiger partial charge in [-0.1, -0.05) is 296 Å². The van der Waals surface area contributed by atoms with Gasteiger partial charge in [0, 0.05) is 19.3 Å². The third-order valence-electron chi connectivity index (χ3n) is 13.9. The molecule has 6 nitrogen and oxygen atoms in total. The van der Waals surface area contributed by atoms with Crippen molar-refractivity contribution in [3.63, 3.8) is 0 Å². The molecule has 0 N–H and O–H groups in total. The molecule has 454 valence electrons. The molecule has 0 aliphatic rings. The Morgan fingerprint density at radius 2 is 0.487 bits per heavy atom. The molecule has 0 aliphatic heterocycles. The molecule has 0 spiro atoms. The van der Waals surface area contributed by atoms with E-state index in [1.165, 1.54) is 122 Å². The highest BCUT2D eigenvalue weighted by molar-refractivity contribution is 5.71. The van der Waals surface area contributed by atoms with Crippen molar-refractivity contribution in [2.45, 2.75) is 303 Å². The summed E-state index contributed by atoms with van der Waals surface area (Å²) < 4.78 is 16.9. The molecule has 0 fully saturated rings.